The number of hydrogen-bond donors (Lipinski definition) is 2. The molecule has 1 amide bonds. The van der Waals surface area contributed by atoms with Crippen LogP contribution in [0.25, 0.3) is 0 Å². The van der Waals surface area contributed by atoms with E-state index in [-0.39, 0.29) is 11.9 Å². The van der Waals surface area contributed by atoms with E-state index in [9.17, 15) is 14.7 Å². The summed E-state index contributed by atoms with van der Waals surface area (Å²) in [6.45, 7) is 1.22. The molecule has 0 aromatic heterocycles. The Morgan fingerprint density at radius 2 is 1.95 bits per heavy atom. The van der Waals surface area contributed by atoms with Crippen LogP contribution in [0.4, 0.5) is 0 Å². The van der Waals surface area contributed by atoms with Crippen LogP contribution in [0.1, 0.15) is 30.4 Å². The van der Waals surface area contributed by atoms with Gasteiger partial charge in [0.1, 0.15) is 6.04 Å². The van der Waals surface area contributed by atoms with Crippen LogP contribution in [-0.2, 0) is 22.6 Å². The van der Waals surface area contributed by atoms with Crippen LogP contribution < -0.4 is 5.32 Å². The van der Waals surface area contributed by atoms with E-state index in [1.165, 1.54) is 4.90 Å². The van der Waals surface area contributed by atoms with Crippen LogP contribution >= 0.6 is 0 Å². The number of carbonyl (C=O) groups is 2. The van der Waals surface area contributed by atoms with E-state index in [4.69, 9.17) is 0 Å². The van der Waals surface area contributed by atoms with Gasteiger partial charge in [0.05, 0.1) is 6.04 Å². The third kappa shape index (κ3) is 2.78. The van der Waals surface area contributed by atoms with Gasteiger partial charge in [-0.3, -0.25) is 4.79 Å². The number of carboxylic acids is 1. The number of piperidine rings is 1. The Balaban J connectivity index is 1.85. The van der Waals surface area contributed by atoms with Gasteiger partial charge in [-0.25, -0.2) is 4.79 Å². The molecule has 1 aromatic rings. The molecule has 5 heteroatoms. The van der Waals surface area contributed by atoms with Crippen molar-refractivity contribution in [2.75, 3.05) is 6.54 Å². The molecule has 2 aliphatic heterocycles. The van der Waals surface area contributed by atoms with Gasteiger partial charge in [0.2, 0.25) is 5.91 Å². The second-order valence-corrected chi connectivity index (χ2v) is 5.80. The molecule has 0 unspecified atom stereocenters. The Labute approximate surface area is 123 Å². The number of nitrogens with zero attached hydrogens (tertiary/aromatic N) is 1. The first-order valence-corrected chi connectivity index (χ1v) is 7.50. The van der Waals surface area contributed by atoms with Crippen LogP contribution in [0.5, 0.6) is 0 Å². The molecule has 2 N–H and O–H groups in total. The van der Waals surface area contributed by atoms with E-state index in [2.05, 4.69) is 5.32 Å². The lowest BCUT2D eigenvalue weighted by Crippen LogP contribution is -2.55. The molecule has 3 rings (SSSR count). The zero-order chi connectivity index (χ0) is 14.8. The predicted molar refractivity (Wildman–Crippen MR) is 77.8 cm³/mol. The predicted octanol–water partition coefficient (Wildman–Crippen LogP) is 1.17. The van der Waals surface area contributed by atoms with Gasteiger partial charge < -0.3 is 15.3 Å². The van der Waals surface area contributed by atoms with Crippen molar-refractivity contribution < 1.29 is 14.7 Å². The van der Waals surface area contributed by atoms with Gasteiger partial charge in [0.15, 0.2) is 0 Å². The molecule has 0 spiro atoms. The van der Waals surface area contributed by atoms with Crippen molar-refractivity contribution in [1.82, 2.24) is 10.2 Å². The Morgan fingerprint density at radius 1 is 1.19 bits per heavy atom. The van der Waals surface area contributed by atoms with Gasteiger partial charge in [-0.2, -0.15) is 0 Å². The molecule has 0 radical (unpaired) electrons. The standard InChI is InChI=1S/C16H20N2O3/c19-15(13-7-3-4-8-17-13)18-10-12-6-2-1-5-11(12)9-14(18)16(20)21/h1-2,5-6,13-14,17H,3-4,7-10H2,(H,20,21)/t13-,14+/m0/s1. The van der Waals surface area contributed by atoms with Gasteiger partial charge in [0, 0.05) is 13.0 Å². The topological polar surface area (TPSA) is 69.6 Å². The van der Waals surface area contributed by atoms with Gasteiger partial charge in [-0.05, 0) is 30.5 Å². The second-order valence-electron chi connectivity index (χ2n) is 5.80. The fourth-order valence-corrected chi connectivity index (χ4v) is 3.24. The molecule has 0 saturated carbocycles. The minimum atomic E-state index is -0.923. The average molecular weight is 288 g/mol. The highest BCUT2D eigenvalue weighted by Crippen LogP contribution is 2.25. The van der Waals surface area contributed by atoms with Gasteiger partial charge in [-0.1, -0.05) is 30.7 Å². The molecule has 21 heavy (non-hydrogen) atoms. The highest BCUT2D eigenvalue weighted by Gasteiger charge is 2.37. The number of carbonyl (C=O) groups excluding carboxylic acids is 1. The summed E-state index contributed by atoms with van der Waals surface area (Å²) >= 11 is 0. The molecule has 0 bridgehead atoms. The first-order chi connectivity index (χ1) is 10.2. The number of rotatable bonds is 2. The minimum Gasteiger partial charge on any atom is -0.480 e. The molecule has 0 aliphatic carbocycles. The van der Waals surface area contributed by atoms with Crippen molar-refractivity contribution in [3.05, 3.63) is 35.4 Å². The third-order valence-corrected chi connectivity index (χ3v) is 4.43. The number of hydrogen-bond acceptors (Lipinski definition) is 3. The molecule has 5 nitrogen and oxygen atoms in total. The lowest BCUT2D eigenvalue weighted by Gasteiger charge is -2.37. The van der Waals surface area contributed by atoms with E-state index < -0.39 is 12.0 Å². The maximum atomic E-state index is 12.7. The van der Waals surface area contributed by atoms with Gasteiger partial charge >= 0.3 is 5.97 Å². The number of fused-ring (bicyclic) bond motifs is 1. The fourth-order valence-electron chi connectivity index (χ4n) is 3.24. The van der Waals surface area contributed by atoms with Crippen LogP contribution in [0.3, 0.4) is 0 Å². The molecular formula is C16H20N2O3. The molecule has 1 fully saturated rings. The molecular weight excluding hydrogens is 268 g/mol. The van der Waals surface area contributed by atoms with E-state index in [1.54, 1.807) is 0 Å². The van der Waals surface area contributed by atoms with Crippen LogP contribution in [-0.4, -0.2) is 40.5 Å². The fraction of sp³-hybridized carbons (Fsp3) is 0.500. The Kier molecular flexibility index (Phi) is 3.92. The van der Waals surface area contributed by atoms with Crippen molar-refractivity contribution in [1.29, 1.82) is 0 Å². The lowest BCUT2D eigenvalue weighted by molar-refractivity contribution is -0.152. The van der Waals surface area contributed by atoms with E-state index in [0.29, 0.717) is 13.0 Å². The van der Waals surface area contributed by atoms with E-state index >= 15 is 0 Å². The summed E-state index contributed by atoms with van der Waals surface area (Å²) < 4.78 is 0. The second kappa shape index (κ2) is 5.85. The van der Waals surface area contributed by atoms with Gasteiger partial charge in [-0.15, -0.1) is 0 Å². The van der Waals surface area contributed by atoms with Crippen molar-refractivity contribution >= 4 is 11.9 Å². The normalized spacial score (nSPS) is 25.2. The van der Waals surface area contributed by atoms with Crippen LogP contribution in [0, 0.1) is 0 Å². The molecule has 2 atom stereocenters. The Hall–Kier alpha value is -1.88. The summed E-state index contributed by atoms with van der Waals surface area (Å²) in [7, 11) is 0. The molecule has 1 aromatic carbocycles. The van der Waals surface area contributed by atoms with Crippen molar-refractivity contribution in [2.45, 2.75) is 44.3 Å². The molecule has 2 heterocycles. The smallest absolute Gasteiger partial charge is 0.326 e. The summed E-state index contributed by atoms with van der Waals surface area (Å²) in [5, 5.41) is 12.7. The summed E-state index contributed by atoms with van der Waals surface area (Å²) in [6.07, 6.45) is 3.29. The number of carboxylic acid groups (broad SMARTS) is 1. The summed E-state index contributed by atoms with van der Waals surface area (Å²) in [5.74, 6) is -0.995. The third-order valence-electron chi connectivity index (χ3n) is 4.43. The highest BCUT2D eigenvalue weighted by atomic mass is 16.4. The van der Waals surface area contributed by atoms with Crippen molar-refractivity contribution in [3.8, 4) is 0 Å². The van der Waals surface area contributed by atoms with E-state index in [1.807, 2.05) is 24.3 Å². The van der Waals surface area contributed by atoms with E-state index in [0.717, 1.165) is 36.9 Å². The number of benzene rings is 1. The maximum absolute atomic E-state index is 12.7. The number of amides is 1. The SMILES string of the molecule is O=C(O)[C@H]1Cc2ccccc2CN1C(=O)[C@@H]1CCCCN1. The largest absolute Gasteiger partial charge is 0.480 e. The van der Waals surface area contributed by atoms with Crippen molar-refractivity contribution in [2.24, 2.45) is 0 Å². The zero-order valence-electron chi connectivity index (χ0n) is 11.9. The highest BCUT2D eigenvalue weighted by molar-refractivity contribution is 5.87. The summed E-state index contributed by atoms with van der Waals surface area (Å²) in [6, 6.07) is 6.79. The summed E-state index contributed by atoms with van der Waals surface area (Å²) in [4.78, 5) is 25.8. The first kappa shape index (κ1) is 14.1. The average Bonchev–Trinajstić information content (AvgIpc) is 2.53. The minimum absolute atomic E-state index is 0.0726. The van der Waals surface area contributed by atoms with Crippen molar-refractivity contribution in [3.63, 3.8) is 0 Å². The number of aliphatic carboxylic acids is 1. The molecule has 1 saturated heterocycles. The number of nitrogens with one attached hydrogen (secondary N) is 1. The van der Waals surface area contributed by atoms with Gasteiger partial charge in [0.25, 0.3) is 0 Å². The molecule has 112 valence electrons. The first-order valence-electron chi connectivity index (χ1n) is 7.50. The summed E-state index contributed by atoms with van der Waals surface area (Å²) in [5.41, 5.74) is 2.09. The van der Waals surface area contributed by atoms with Crippen LogP contribution in [0.2, 0.25) is 0 Å². The van der Waals surface area contributed by atoms with Crippen LogP contribution in [0.15, 0.2) is 24.3 Å². The quantitative estimate of drug-likeness (QED) is 0.857. The lowest BCUT2D eigenvalue weighted by atomic mass is 9.92. The monoisotopic (exact) mass is 288 g/mol. The molecule has 2 aliphatic rings. The zero-order valence-corrected chi connectivity index (χ0v) is 11.9. The Morgan fingerprint density at radius 3 is 2.62 bits per heavy atom. The maximum Gasteiger partial charge on any atom is 0.326 e. The Bertz CT molecular complexity index is 552.